The third kappa shape index (κ3) is 5.66. The molecule has 1 aromatic carbocycles. The van der Waals surface area contributed by atoms with Crippen molar-refractivity contribution < 1.29 is 23.9 Å². The third-order valence-electron chi connectivity index (χ3n) is 2.37. The van der Waals surface area contributed by atoms with Crippen LogP contribution < -0.4 is 10.6 Å². The van der Waals surface area contributed by atoms with Crippen LogP contribution in [-0.2, 0) is 19.1 Å². The number of benzene rings is 1. The molecule has 0 atom stereocenters. The molecule has 0 spiro atoms. The van der Waals surface area contributed by atoms with E-state index in [4.69, 9.17) is 9.47 Å². The predicted octanol–water partition coefficient (Wildman–Crippen LogP) is 1.82. The first-order valence-corrected chi connectivity index (χ1v) is 6.75. The maximum atomic E-state index is 11.7. The van der Waals surface area contributed by atoms with Crippen LogP contribution in [0.1, 0.15) is 13.8 Å². The molecular weight excluding hydrogens is 288 g/mol. The van der Waals surface area contributed by atoms with Crippen molar-refractivity contribution in [3.63, 3.8) is 0 Å². The van der Waals surface area contributed by atoms with Gasteiger partial charge >= 0.3 is 18.0 Å². The quantitative estimate of drug-likeness (QED) is 0.362. The lowest BCUT2D eigenvalue weighted by Gasteiger charge is -2.08. The summed E-state index contributed by atoms with van der Waals surface area (Å²) in [5.41, 5.74) is 0.189. The Hall–Kier alpha value is -2.83. The molecule has 0 heterocycles. The van der Waals surface area contributed by atoms with Crippen LogP contribution in [0.25, 0.3) is 0 Å². The van der Waals surface area contributed by atoms with Crippen LogP contribution in [0.3, 0.4) is 0 Å². The van der Waals surface area contributed by atoms with E-state index in [1.54, 1.807) is 38.1 Å². The summed E-state index contributed by atoms with van der Waals surface area (Å²) in [6.45, 7) is 3.42. The number of hydrogen-bond acceptors (Lipinski definition) is 5. The summed E-state index contributed by atoms with van der Waals surface area (Å²) < 4.78 is 9.48. The fourth-order valence-electron chi connectivity index (χ4n) is 1.45. The second-order valence-corrected chi connectivity index (χ2v) is 3.96. The molecule has 0 unspecified atom stereocenters. The minimum absolute atomic E-state index is 0.103. The normalized spacial score (nSPS) is 9.36. The predicted molar refractivity (Wildman–Crippen MR) is 79.9 cm³/mol. The van der Waals surface area contributed by atoms with Gasteiger partial charge < -0.3 is 20.1 Å². The van der Waals surface area contributed by atoms with Crippen LogP contribution in [0.4, 0.5) is 10.5 Å². The van der Waals surface area contributed by atoms with Crippen molar-refractivity contribution in [2.24, 2.45) is 0 Å². The van der Waals surface area contributed by atoms with Crippen molar-refractivity contribution in [1.29, 1.82) is 0 Å². The van der Waals surface area contributed by atoms with Crippen LogP contribution >= 0.6 is 0 Å². The molecule has 0 aromatic heterocycles. The van der Waals surface area contributed by atoms with Gasteiger partial charge in [0.1, 0.15) is 0 Å². The highest BCUT2D eigenvalue weighted by Crippen LogP contribution is 2.05. The van der Waals surface area contributed by atoms with Gasteiger partial charge in [-0.25, -0.2) is 14.4 Å². The molecule has 0 aliphatic heterocycles. The number of esters is 2. The van der Waals surface area contributed by atoms with Crippen molar-refractivity contribution in [2.75, 3.05) is 18.5 Å². The molecule has 0 fully saturated rings. The molecule has 7 heteroatoms. The molecule has 0 radical (unpaired) electrons. The Labute approximate surface area is 128 Å². The number of nitrogens with one attached hydrogen (secondary N) is 2. The van der Waals surface area contributed by atoms with Gasteiger partial charge in [-0.2, -0.15) is 0 Å². The van der Waals surface area contributed by atoms with Crippen molar-refractivity contribution >= 4 is 23.7 Å². The summed E-state index contributed by atoms with van der Waals surface area (Å²) in [5.74, 6) is -1.72. The number of rotatable bonds is 6. The number of amides is 2. The van der Waals surface area contributed by atoms with E-state index in [1.807, 2.05) is 6.07 Å². The molecule has 0 aliphatic carbocycles. The van der Waals surface area contributed by atoms with Gasteiger partial charge in [-0.1, -0.05) is 18.2 Å². The molecule has 0 aliphatic rings. The first kappa shape index (κ1) is 17.2. The van der Waals surface area contributed by atoms with Crippen molar-refractivity contribution in [3.8, 4) is 0 Å². The summed E-state index contributed by atoms with van der Waals surface area (Å²) in [5, 5.41) is 4.84. The maximum Gasteiger partial charge on any atom is 0.347 e. The Morgan fingerprint density at radius 3 is 2.05 bits per heavy atom. The van der Waals surface area contributed by atoms with Crippen molar-refractivity contribution in [1.82, 2.24) is 5.32 Å². The Balaban J connectivity index is 2.73. The van der Waals surface area contributed by atoms with Gasteiger partial charge in [0.2, 0.25) is 0 Å². The number of urea groups is 1. The summed E-state index contributed by atoms with van der Waals surface area (Å²) in [6.07, 6.45) is 0.967. The van der Waals surface area contributed by atoms with E-state index in [0.29, 0.717) is 5.69 Å². The Morgan fingerprint density at radius 2 is 1.55 bits per heavy atom. The third-order valence-corrected chi connectivity index (χ3v) is 2.37. The molecule has 0 saturated carbocycles. The number of hydrogen-bond donors (Lipinski definition) is 2. The lowest BCUT2D eigenvalue weighted by molar-refractivity contribution is -0.146. The molecule has 0 bridgehead atoms. The number of carbonyl (C=O) groups is 3. The van der Waals surface area contributed by atoms with Gasteiger partial charge in [0.25, 0.3) is 0 Å². The highest BCUT2D eigenvalue weighted by Gasteiger charge is 2.21. The summed E-state index contributed by atoms with van der Waals surface area (Å²) >= 11 is 0. The van der Waals surface area contributed by atoms with E-state index in [1.165, 1.54) is 0 Å². The molecule has 2 amide bonds. The standard InChI is InChI=1S/C15H18N2O5/c1-3-21-13(18)12(14(19)22-4-2)10-16-15(20)17-11-8-6-5-7-9-11/h5-10H,3-4H2,1-2H3,(H2,16,17,20). The maximum absolute atomic E-state index is 11.7. The Bertz CT molecular complexity index is 534. The summed E-state index contributed by atoms with van der Waals surface area (Å²) in [7, 11) is 0. The molecule has 7 nitrogen and oxygen atoms in total. The molecular formula is C15H18N2O5. The van der Waals surface area contributed by atoms with Crippen molar-refractivity contribution in [3.05, 3.63) is 42.1 Å². The van der Waals surface area contributed by atoms with Gasteiger partial charge in [0.05, 0.1) is 13.2 Å². The fourth-order valence-corrected chi connectivity index (χ4v) is 1.45. The van der Waals surface area contributed by atoms with E-state index in [2.05, 4.69) is 10.6 Å². The van der Waals surface area contributed by atoms with Crippen LogP contribution in [0.2, 0.25) is 0 Å². The van der Waals surface area contributed by atoms with Gasteiger partial charge in [-0.05, 0) is 26.0 Å². The van der Waals surface area contributed by atoms with E-state index in [-0.39, 0.29) is 18.8 Å². The van der Waals surface area contributed by atoms with E-state index in [9.17, 15) is 14.4 Å². The van der Waals surface area contributed by atoms with Crippen LogP contribution in [-0.4, -0.2) is 31.2 Å². The van der Waals surface area contributed by atoms with E-state index >= 15 is 0 Å². The molecule has 2 N–H and O–H groups in total. The van der Waals surface area contributed by atoms with Crippen LogP contribution in [0.15, 0.2) is 42.1 Å². The first-order chi connectivity index (χ1) is 10.6. The molecule has 22 heavy (non-hydrogen) atoms. The van der Waals surface area contributed by atoms with E-state index < -0.39 is 18.0 Å². The Morgan fingerprint density at radius 1 is 1.00 bits per heavy atom. The average Bonchev–Trinajstić information content (AvgIpc) is 2.49. The minimum Gasteiger partial charge on any atom is -0.462 e. The first-order valence-electron chi connectivity index (χ1n) is 6.75. The number of anilines is 1. The highest BCUT2D eigenvalue weighted by molar-refractivity contribution is 6.14. The number of ether oxygens (including phenoxy) is 2. The number of carbonyl (C=O) groups excluding carboxylic acids is 3. The van der Waals surface area contributed by atoms with Gasteiger partial charge in [-0.15, -0.1) is 0 Å². The molecule has 118 valence electrons. The van der Waals surface area contributed by atoms with E-state index in [0.717, 1.165) is 6.20 Å². The largest absolute Gasteiger partial charge is 0.462 e. The lowest BCUT2D eigenvalue weighted by Crippen LogP contribution is -2.27. The lowest BCUT2D eigenvalue weighted by atomic mass is 10.3. The van der Waals surface area contributed by atoms with Gasteiger partial charge in [-0.3, -0.25) is 0 Å². The second kappa shape index (κ2) is 9.17. The Kier molecular flexibility index (Phi) is 7.18. The zero-order valence-electron chi connectivity index (χ0n) is 12.4. The van der Waals surface area contributed by atoms with Gasteiger partial charge in [0, 0.05) is 11.9 Å². The molecule has 0 saturated heterocycles. The monoisotopic (exact) mass is 306 g/mol. The highest BCUT2D eigenvalue weighted by atomic mass is 16.6. The zero-order valence-corrected chi connectivity index (χ0v) is 12.4. The average molecular weight is 306 g/mol. The molecule has 1 aromatic rings. The summed E-state index contributed by atoms with van der Waals surface area (Å²) in [6, 6.07) is 8.12. The van der Waals surface area contributed by atoms with Crippen LogP contribution in [0.5, 0.6) is 0 Å². The van der Waals surface area contributed by atoms with Crippen molar-refractivity contribution in [2.45, 2.75) is 13.8 Å². The fraction of sp³-hybridized carbons (Fsp3) is 0.267. The topological polar surface area (TPSA) is 93.7 Å². The molecule has 1 rings (SSSR count). The summed E-state index contributed by atoms with van der Waals surface area (Å²) in [4.78, 5) is 35.0. The van der Waals surface area contributed by atoms with Crippen LogP contribution in [0, 0.1) is 0 Å². The number of para-hydroxylation sites is 1. The SMILES string of the molecule is CCOC(=O)C(=CNC(=O)Nc1ccccc1)C(=O)OCC. The smallest absolute Gasteiger partial charge is 0.347 e. The minimum atomic E-state index is -0.860. The second-order valence-electron chi connectivity index (χ2n) is 3.96. The van der Waals surface area contributed by atoms with Gasteiger partial charge in [0.15, 0.2) is 5.57 Å². The zero-order chi connectivity index (χ0) is 16.4.